The van der Waals surface area contributed by atoms with Gasteiger partial charge in [-0.2, -0.15) is 0 Å². The second-order valence-electron chi connectivity index (χ2n) is 5.78. The summed E-state index contributed by atoms with van der Waals surface area (Å²) in [6.45, 7) is 4.17. The Morgan fingerprint density at radius 3 is 2.89 bits per heavy atom. The summed E-state index contributed by atoms with van der Waals surface area (Å²) >= 11 is 1.58. The third kappa shape index (κ3) is 4.26. The highest BCUT2D eigenvalue weighted by atomic mass is 32.1. The largest absolute Gasteiger partial charge is 0.389 e. The molecule has 0 fully saturated rings. The molecule has 1 aromatic rings. The van der Waals surface area contributed by atoms with Crippen LogP contribution in [0.1, 0.15) is 30.8 Å². The van der Waals surface area contributed by atoms with Gasteiger partial charge in [0, 0.05) is 11.4 Å². The van der Waals surface area contributed by atoms with E-state index in [0.717, 1.165) is 18.5 Å². The number of amides is 1. The van der Waals surface area contributed by atoms with Gasteiger partial charge in [-0.1, -0.05) is 0 Å². The average Bonchev–Trinajstić information content (AvgIpc) is 2.73. The van der Waals surface area contributed by atoms with Gasteiger partial charge in [-0.05, 0) is 40.2 Å². The molecular formula is C13H21N3O2S. The number of nitrogens with one attached hydrogen (secondary N) is 1. The second-order valence-corrected chi connectivity index (χ2v) is 6.86. The van der Waals surface area contributed by atoms with Crippen LogP contribution in [-0.2, 0) is 17.6 Å². The van der Waals surface area contributed by atoms with Crippen molar-refractivity contribution in [2.45, 2.75) is 38.7 Å². The molecule has 0 saturated heterocycles. The number of carbonyl (C=O) groups excluding carboxylic acids is 1. The summed E-state index contributed by atoms with van der Waals surface area (Å²) in [6.07, 6.45) is 3.29. The summed E-state index contributed by atoms with van der Waals surface area (Å²) in [4.78, 5) is 19.4. The monoisotopic (exact) mass is 283 g/mol. The normalized spacial score (nSPS) is 14.8. The Kier molecular flexibility index (Phi) is 4.23. The molecule has 0 atom stereocenters. The van der Waals surface area contributed by atoms with E-state index >= 15 is 0 Å². The van der Waals surface area contributed by atoms with Crippen LogP contribution >= 0.6 is 11.3 Å². The van der Waals surface area contributed by atoms with Crippen molar-refractivity contribution >= 4 is 22.4 Å². The molecule has 0 unspecified atom stereocenters. The van der Waals surface area contributed by atoms with Gasteiger partial charge in [0.15, 0.2) is 5.13 Å². The lowest BCUT2D eigenvalue weighted by atomic mass is 10.1. The number of anilines is 1. The fourth-order valence-corrected chi connectivity index (χ4v) is 3.43. The van der Waals surface area contributed by atoms with Crippen LogP contribution in [-0.4, -0.2) is 46.6 Å². The molecule has 2 N–H and O–H groups in total. The summed E-state index contributed by atoms with van der Waals surface area (Å²) in [5.41, 5.74) is 0.349. The fourth-order valence-electron chi connectivity index (χ4n) is 2.36. The van der Waals surface area contributed by atoms with Crippen molar-refractivity contribution in [3.05, 3.63) is 10.6 Å². The number of fused-ring (bicyclic) bond motifs is 1. The molecular weight excluding hydrogens is 262 g/mol. The Balaban J connectivity index is 1.83. The standard InChI is InChI=1S/C13H21N3O2S/c1-13(2,18)8-16(3)7-11(17)15-12-14-9-5-4-6-10(9)19-12/h18H,4-8H2,1-3H3,(H,14,15,17). The van der Waals surface area contributed by atoms with E-state index in [1.807, 2.05) is 7.05 Å². The summed E-state index contributed by atoms with van der Waals surface area (Å²) < 4.78 is 0. The van der Waals surface area contributed by atoms with E-state index in [1.165, 1.54) is 11.3 Å². The molecule has 1 heterocycles. The zero-order valence-electron chi connectivity index (χ0n) is 11.7. The first-order chi connectivity index (χ1) is 8.83. The molecule has 1 aromatic heterocycles. The molecule has 19 heavy (non-hydrogen) atoms. The van der Waals surface area contributed by atoms with Crippen LogP contribution in [0.5, 0.6) is 0 Å². The minimum atomic E-state index is -0.794. The predicted molar refractivity (Wildman–Crippen MR) is 76.6 cm³/mol. The molecule has 6 heteroatoms. The van der Waals surface area contributed by atoms with E-state index in [1.54, 1.807) is 30.1 Å². The van der Waals surface area contributed by atoms with Crippen molar-refractivity contribution in [3.8, 4) is 0 Å². The second kappa shape index (κ2) is 5.56. The van der Waals surface area contributed by atoms with Crippen molar-refractivity contribution in [1.29, 1.82) is 0 Å². The molecule has 1 aliphatic rings. The number of thiazole rings is 1. The first kappa shape index (κ1) is 14.4. The van der Waals surface area contributed by atoms with Crippen LogP contribution in [0.25, 0.3) is 0 Å². The molecule has 0 saturated carbocycles. The summed E-state index contributed by atoms with van der Waals surface area (Å²) in [7, 11) is 1.82. The zero-order valence-corrected chi connectivity index (χ0v) is 12.5. The maximum absolute atomic E-state index is 11.9. The topological polar surface area (TPSA) is 65.5 Å². The van der Waals surface area contributed by atoms with Gasteiger partial charge < -0.3 is 10.4 Å². The molecule has 5 nitrogen and oxygen atoms in total. The Morgan fingerprint density at radius 2 is 2.26 bits per heavy atom. The average molecular weight is 283 g/mol. The molecule has 0 aromatic carbocycles. The number of hydrogen-bond donors (Lipinski definition) is 2. The zero-order chi connectivity index (χ0) is 14.0. The van der Waals surface area contributed by atoms with E-state index in [9.17, 15) is 9.90 Å². The summed E-state index contributed by atoms with van der Waals surface area (Å²) in [6, 6.07) is 0. The van der Waals surface area contributed by atoms with Gasteiger partial charge in [-0.15, -0.1) is 11.3 Å². The van der Waals surface area contributed by atoms with Gasteiger partial charge in [-0.25, -0.2) is 4.98 Å². The number of likely N-dealkylation sites (N-methyl/N-ethyl adjacent to an activating group) is 1. The van der Waals surface area contributed by atoms with E-state index in [0.29, 0.717) is 11.7 Å². The first-order valence-corrected chi connectivity index (χ1v) is 7.34. The first-order valence-electron chi connectivity index (χ1n) is 6.53. The van der Waals surface area contributed by atoms with Crippen LogP contribution in [0, 0.1) is 0 Å². The van der Waals surface area contributed by atoms with Crippen LogP contribution in [0.15, 0.2) is 0 Å². The Morgan fingerprint density at radius 1 is 1.53 bits per heavy atom. The number of hydrogen-bond acceptors (Lipinski definition) is 5. The maximum Gasteiger partial charge on any atom is 0.240 e. The smallest absolute Gasteiger partial charge is 0.240 e. The number of aryl methyl sites for hydroxylation is 2. The highest BCUT2D eigenvalue weighted by Gasteiger charge is 2.20. The van der Waals surface area contributed by atoms with Gasteiger partial charge in [0.2, 0.25) is 5.91 Å². The number of carbonyl (C=O) groups is 1. The Hall–Kier alpha value is -0.980. The van der Waals surface area contributed by atoms with Gasteiger partial charge in [0.25, 0.3) is 0 Å². The highest BCUT2D eigenvalue weighted by molar-refractivity contribution is 7.15. The molecule has 0 radical (unpaired) electrons. The third-order valence-electron chi connectivity index (χ3n) is 2.91. The van der Waals surface area contributed by atoms with Crippen molar-refractivity contribution in [2.24, 2.45) is 0 Å². The molecule has 0 spiro atoms. The molecule has 0 bridgehead atoms. The van der Waals surface area contributed by atoms with Gasteiger partial charge in [0.05, 0.1) is 17.8 Å². The number of aromatic nitrogens is 1. The van der Waals surface area contributed by atoms with Crippen LogP contribution < -0.4 is 5.32 Å². The van der Waals surface area contributed by atoms with Crippen molar-refractivity contribution in [3.63, 3.8) is 0 Å². The summed E-state index contributed by atoms with van der Waals surface area (Å²) in [5, 5.41) is 13.2. The minimum absolute atomic E-state index is 0.0841. The van der Waals surface area contributed by atoms with Gasteiger partial charge >= 0.3 is 0 Å². The van der Waals surface area contributed by atoms with E-state index < -0.39 is 5.60 Å². The van der Waals surface area contributed by atoms with Gasteiger partial charge in [0.1, 0.15) is 0 Å². The maximum atomic E-state index is 11.9. The van der Waals surface area contributed by atoms with E-state index in [2.05, 4.69) is 10.3 Å². The molecule has 1 aliphatic carbocycles. The van der Waals surface area contributed by atoms with Crippen LogP contribution in [0.4, 0.5) is 5.13 Å². The number of nitrogens with zero attached hydrogens (tertiary/aromatic N) is 2. The van der Waals surface area contributed by atoms with Crippen molar-refractivity contribution < 1.29 is 9.90 Å². The predicted octanol–water partition coefficient (Wildman–Crippen LogP) is 1.27. The van der Waals surface area contributed by atoms with Crippen LogP contribution in [0.3, 0.4) is 0 Å². The third-order valence-corrected chi connectivity index (χ3v) is 3.99. The highest BCUT2D eigenvalue weighted by Crippen LogP contribution is 2.30. The lowest BCUT2D eigenvalue weighted by molar-refractivity contribution is -0.117. The van der Waals surface area contributed by atoms with Crippen LogP contribution in [0.2, 0.25) is 0 Å². The van der Waals surface area contributed by atoms with E-state index in [4.69, 9.17) is 0 Å². The minimum Gasteiger partial charge on any atom is -0.389 e. The Labute approximate surface area is 117 Å². The Bertz CT molecular complexity index is 443. The summed E-state index contributed by atoms with van der Waals surface area (Å²) in [5.74, 6) is -0.0841. The van der Waals surface area contributed by atoms with Crippen molar-refractivity contribution in [1.82, 2.24) is 9.88 Å². The molecule has 0 aliphatic heterocycles. The lowest BCUT2D eigenvalue weighted by Gasteiger charge is -2.24. The number of aliphatic hydroxyl groups is 1. The van der Waals surface area contributed by atoms with E-state index in [-0.39, 0.29) is 12.5 Å². The SMILES string of the molecule is CN(CC(=O)Nc1nc2c(s1)CCC2)CC(C)(C)O. The fraction of sp³-hybridized carbons (Fsp3) is 0.692. The quantitative estimate of drug-likeness (QED) is 0.854. The number of rotatable bonds is 5. The molecule has 1 amide bonds. The molecule has 106 valence electrons. The van der Waals surface area contributed by atoms with Crippen molar-refractivity contribution in [2.75, 3.05) is 25.5 Å². The lowest BCUT2D eigenvalue weighted by Crippen LogP contribution is -2.40. The van der Waals surface area contributed by atoms with Gasteiger partial charge in [-0.3, -0.25) is 9.69 Å². The molecule has 2 rings (SSSR count).